The molecule has 0 aliphatic carbocycles. The molecule has 0 aliphatic rings. The van der Waals surface area contributed by atoms with E-state index in [2.05, 4.69) is 57.9 Å². The number of benzene rings is 1. The fourth-order valence-electron chi connectivity index (χ4n) is 2.49. The van der Waals surface area contributed by atoms with Crippen LogP contribution in [0.1, 0.15) is 24.5 Å². The molecular weight excluding hydrogens is 304 g/mol. The van der Waals surface area contributed by atoms with E-state index in [0.29, 0.717) is 0 Å². The van der Waals surface area contributed by atoms with Crippen LogP contribution in [0.25, 0.3) is 11.4 Å². The lowest BCUT2D eigenvalue weighted by Gasteiger charge is -2.09. The Kier molecular flexibility index (Phi) is 5.08. The van der Waals surface area contributed by atoms with E-state index >= 15 is 0 Å². The highest BCUT2D eigenvalue weighted by Crippen LogP contribution is 2.26. The summed E-state index contributed by atoms with van der Waals surface area (Å²) in [7, 11) is 0. The maximum absolute atomic E-state index is 4.40. The van der Waals surface area contributed by atoms with Gasteiger partial charge in [0, 0.05) is 30.3 Å². The summed E-state index contributed by atoms with van der Waals surface area (Å²) in [5.74, 6) is 1.82. The number of pyridine rings is 1. The van der Waals surface area contributed by atoms with Crippen LogP contribution in [0.5, 0.6) is 0 Å². The van der Waals surface area contributed by atoms with Crippen LogP contribution in [0.4, 0.5) is 0 Å². The molecule has 0 spiro atoms. The van der Waals surface area contributed by atoms with Gasteiger partial charge in [-0.05, 0) is 31.0 Å². The van der Waals surface area contributed by atoms with Crippen molar-refractivity contribution in [3.8, 4) is 11.4 Å². The van der Waals surface area contributed by atoms with Gasteiger partial charge >= 0.3 is 0 Å². The summed E-state index contributed by atoms with van der Waals surface area (Å²) in [6.45, 7) is 5.21. The second kappa shape index (κ2) is 7.42. The normalized spacial score (nSPS) is 10.9. The van der Waals surface area contributed by atoms with Gasteiger partial charge in [-0.1, -0.05) is 48.5 Å². The first-order chi connectivity index (χ1) is 11.3. The third-order valence-corrected chi connectivity index (χ3v) is 4.59. The van der Waals surface area contributed by atoms with Crippen LogP contribution in [-0.4, -0.2) is 19.7 Å². The Morgan fingerprint density at radius 3 is 2.65 bits per heavy atom. The van der Waals surface area contributed by atoms with Crippen LogP contribution in [-0.2, 0) is 12.3 Å². The molecule has 0 fully saturated rings. The van der Waals surface area contributed by atoms with Gasteiger partial charge in [0.25, 0.3) is 0 Å². The summed E-state index contributed by atoms with van der Waals surface area (Å²) >= 11 is 1.74. The summed E-state index contributed by atoms with van der Waals surface area (Å²) in [5.41, 5.74) is 3.66. The predicted octanol–water partition coefficient (Wildman–Crippen LogP) is 4.35. The lowest BCUT2D eigenvalue weighted by Crippen LogP contribution is -2.02. The molecule has 0 saturated heterocycles. The number of aryl methyl sites for hydroxylation is 1. The van der Waals surface area contributed by atoms with Crippen molar-refractivity contribution in [2.75, 3.05) is 0 Å². The third kappa shape index (κ3) is 3.79. The smallest absolute Gasteiger partial charge is 0.191 e. The van der Waals surface area contributed by atoms with Crippen molar-refractivity contribution in [1.82, 2.24) is 19.7 Å². The van der Waals surface area contributed by atoms with Crippen molar-refractivity contribution in [2.45, 2.75) is 37.7 Å². The molecule has 0 bridgehead atoms. The van der Waals surface area contributed by atoms with Gasteiger partial charge in [0.1, 0.15) is 0 Å². The number of nitrogens with zero attached hydrogens (tertiary/aromatic N) is 4. The first-order valence-electron chi connectivity index (χ1n) is 7.80. The first kappa shape index (κ1) is 15.7. The average Bonchev–Trinajstić information content (AvgIpc) is 2.97. The standard InChI is InChI=1S/C18H20N4S/c1-3-11-22-17(16-7-9-19-10-8-16)20-21-18(22)23-13-15-6-4-5-14(2)12-15/h4-10,12H,3,11,13H2,1-2H3. The Hall–Kier alpha value is -2.14. The number of aromatic nitrogens is 4. The monoisotopic (exact) mass is 324 g/mol. The maximum Gasteiger partial charge on any atom is 0.191 e. The molecule has 0 amide bonds. The molecule has 5 heteroatoms. The lowest BCUT2D eigenvalue weighted by atomic mass is 10.2. The average molecular weight is 324 g/mol. The van der Waals surface area contributed by atoms with E-state index in [1.807, 2.05) is 12.1 Å². The fourth-order valence-corrected chi connectivity index (χ4v) is 3.39. The molecule has 2 aromatic heterocycles. The van der Waals surface area contributed by atoms with Crippen molar-refractivity contribution in [3.63, 3.8) is 0 Å². The zero-order chi connectivity index (χ0) is 16.1. The van der Waals surface area contributed by atoms with E-state index in [-0.39, 0.29) is 0 Å². The molecular formula is C18H20N4S. The Morgan fingerprint density at radius 1 is 1.09 bits per heavy atom. The molecule has 0 aliphatic heterocycles. The summed E-state index contributed by atoms with van der Waals surface area (Å²) in [5, 5.41) is 9.78. The van der Waals surface area contributed by atoms with Crippen LogP contribution in [0.2, 0.25) is 0 Å². The fraction of sp³-hybridized carbons (Fsp3) is 0.278. The third-order valence-electron chi connectivity index (χ3n) is 3.55. The molecule has 3 rings (SSSR count). The number of rotatable bonds is 6. The highest BCUT2D eigenvalue weighted by molar-refractivity contribution is 7.98. The molecule has 2 heterocycles. The number of hydrogen-bond donors (Lipinski definition) is 0. The van der Waals surface area contributed by atoms with E-state index in [0.717, 1.165) is 35.3 Å². The predicted molar refractivity (Wildman–Crippen MR) is 94.3 cm³/mol. The van der Waals surface area contributed by atoms with Gasteiger partial charge in [0.05, 0.1) is 0 Å². The minimum atomic E-state index is 0.903. The highest BCUT2D eigenvalue weighted by atomic mass is 32.2. The van der Waals surface area contributed by atoms with E-state index < -0.39 is 0 Å². The van der Waals surface area contributed by atoms with Gasteiger partial charge in [-0.15, -0.1) is 10.2 Å². The van der Waals surface area contributed by atoms with Gasteiger partial charge < -0.3 is 4.57 Å². The quantitative estimate of drug-likeness (QED) is 0.632. The molecule has 118 valence electrons. The minimum Gasteiger partial charge on any atom is -0.302 e. The highest BCUT2D eigenvalue weighted by Gasteiger charge is 2.13. The van der Waals surface area contributed by atoms with Gasteiger partial charge in [-0.2, -0.15) is 0 Å². The van der Waals surface area contributed by atoms with Gasteiger partial charge in [0.2, 0.25) is 0 Å². The number of thioether (sulfide) groups is 1. The van der Waals surface area contributed by atoms with Crippen molar-refractivity contribution in [3.05, 3.63) is 59.9 Å². The van der Waals surface area contributed by atoms with E-state index in [1.165, 1.54) is 11.1 Å². The minimum absolute atomic E-state index is 0.903. The summed E-state index contributed by atoms with van der Waals surface area (Å²) in [4.78, 5) is 4.07. The van der Waals surface area contributed by atoms with E-state index in [1.54, 1.807) is 24.2 Å². The Morgan fingerprint density at radius 2 is 1.91 bits per heavy atom. The summed E-state index contributed by atoms with van der Waals surface area (Å²) in [6.07, 6.45) is 4.63. The topological polar surface area (TPSA) is 43.6 Å². The zero-order valence-corrected chi connectivity index (χ0v) is 14.3. The van der Waals surface area contributed by atoms with Crippen LogP contribution in [0.15, 0.2) is 53.9 Å². The van der Waals surface area contributed by atoms with Crippen LogP contribution < -0.4 is 0 Å². The van der Waals surface area contributed by atoms with E-state index in [4.69, 9.17) is 0 Å². The van der Waals surface area contributed by atoms with Crippen LogP contribution in [0, 0.1) is 6.92 Å². The molecule has 0 saturated carbocycles. The second-order valence-corrected chi connectivity index (χ2v) is 6.41. The summed E-state index contributed by atoms with van der Waals surface area (Å²) in [6, 6.07) is 12.6. The van der Waals surface area contributed by atoms with Gasteiger partial charge in [0.15, 0.2) is 11.0 Å². The Bertz CT molecular complexity index is 768. The molecule has 0 N–H and O–H groups in total. The lowest BCUT2D eigenvalue weighted by molar-refractivity contribution is 0.626. The van der Waals surface area contributed by atoms with Crippen LogP contribution >= 0.6 is 11.8 Å². The molecule has 0 radical (unpaired) electrons. The first-order valence-corrected chi connectivity index (χ1v) is 8.78. The van der Waals surface area contributed by atoms with Crippen molar-refractivity contribution in [1.29, 1.82) is 0 Å². The summed E-state index contributed by atoms with van der Waals surface area (Å²) < 4.78 is 2.20. The Labute approximate surface area is 141 Å². The van der Waals surface area contributed by atoms with Crippen LogP contribution in [0.3, 0.4) is 0 Å². The molecule has 0 unspecified atom stereocenters. The molecule has 23 heavy (non-hydrogen) atoms. The van der Waals surface area contributed by atoms with Crippen molar-refractivity contribution >= 4 is 11.8 Å². The van der Waals surface area contributed by atoms with Gasteiger partial charge in [-0.25, -0.2) is 0 Å². The number of hydrogen-bond acceptors (Lipinski definition) is 4. The molecule has 3 aromatic rings. The molecule has 4 nitrogen and oxygen atoms in total. The van der Waals surface area contributed by atoms with Gasteiger partial charge in [-0.3, -0.25) is 4.98 Å². The van der Waals surface area contributed by atoms with E-state index in [9.17, 15) is 0 Å². The largest absolute Gasteiger partial charge is 0.302 e. The SMILES string of the molecule is CCCn1c(SCc2cccc(C)c2)nnc1-c1ccncc1. The second-order valence-electron chi connectivity index (χ2n) is 5.47. The molecule has 1 aromatic carbocycles. The molecule has 0 atom stereocenters. The maximum atomic E-state index is 4.40. The Balaban J connectivity index is 1.83. The zero-order valence-electron chi connectivity index (χ0n) is 13.4. The van der Waals surface area contributed by atoms with Crippen molar-refractivity contribution in [2.24, 2.45) is 0 Å². The van der Waals surface area contributed by atoms with Crippen molar-refractivity contribution < 1.29 is 0 Å².